The Balaban J connectivity index is 1.62. The number of benzene rings is 2. The first-order valence-corrected chi connectivity index (χ1v) is 8.77. The molecule has 0 aliphatic heterocycles. The zero-order valence-electron chi connectivity index (χ0n) is 15.7. The van der Waals surface area contributed by atoms with Crippen molar-refractivity contribution in [3.05, 3.63) is 83.0 Å². The van der Waals surface area contributed by atoms with E-state index in [1.54, 1.807) is 25.4 Å². The number of amides is 1. The van der Waals surface area contributed by atoms with Crippen LogP contribution in [0.4, 0.5) is 11.5 Å². The van der Waals surface area contributed by atoms with Gasteiger partial charge < -0.3 is 15.4 Å². The number of aromatic nitrogens is 1. The highest BCUT2D eigenvalue weighted by molar-refractivity contribution is 6.04. The second-order valence-corrected chi connectivity index (χ2v) is 6.35. The van der Waals surface area contributed by atoms with Crippen molar-refractivity contribution >= 4 is 17.4 Å². The summed E-state index contributed by atoms with van der Waals surface area (Å²) in [7, 11) is 1.65. The molecular weight excluding hydrogens is 338 g/mol. The number of hydrogen-bond donors (Lipinski definition) is 2. The van der Waals surface area contributed by atoms with Crippen molar-refractivity contribution in [1.82, 2.24) is 4.98 Å². The topological polar surface area (TPSA) is 63.2 Å². The summed E-state index contributed by atoms with van der Waals surface area (Å²) in [4.78, 5) is 16.7. The first-order valence-electron chi connectivity index (χ1n) is 8.77. The van der Waals surface area contributed by atoms with Crippen molar-refractivity contribution < 1.29 is 9.53 Å². The van der Waals surface area contributed by atoms with Crippen LogP contribution < -0.4 is 15.4 Å². The SMILES string of the molecule is COc1ccccc1CNc1ccc(C(=O)Nc2ccc(C)c(C)c2)cn1. The Morgan fingerprint density at radius 1 is 1.04 bits per heavy atom. The van der Waals surface area contributed by atoms with Crippen molar-refractivity contribution in [1.29, 1.82) is 0 Å². The fourth-order valence-corrected chi connectivity index (χ4v) is 2.69. The van der Waals surface area contributed by atoms with Gasteiger partial charge in [-0.05, 0) is 55.3 Å². The Kier molecular flexibility index (Phi) is 5.71. The van der Waals surface area contributed by atoms with Crippen LogP contribution in [-0.4, -0.2) is 18.0 Å². The number of nitrogens with zero attached hydrogens (tertiary/aromatic N) is 1. The minimum absolute atomic E-state index is 0.179. The van der Waals surface area contributed by atoms with Gasteiger partial charge in [0.05, 0.1) is 12.7 Å². The summed E-state index contributed by atoms with van der Waals surface area (Å²) in [5, 5.41) is 6.15. The van der Waals surface area contributed by atoms with Gasteiger partial charge in [-0.2, -0.15) is 0 Å². The minimum atomic E-state index is -0.179. The predicted molar refractivity (Wildman–Crippen MR) is 108 cm³/mol. The van der Waals surface area contributed by atoms with Crippen LogP contribution in [0.1, 0.15) is 27.0 Å². The van der Waals surface area contributed by atoms with Gasteiger partial charge in [0.1, 0.15) is 11.6 Å². The molecule has 0 atom stereocenters. The molecular formula is C22H23N3O2. The van der Waals surface area contributed by atoms with E-state index in [4.69, 9.17) is 4.74 Å². The molecule has 27 heavy (non-hydrogen) atoms. The van der Waals surface area contributed by atoms with Crippen LogP contribution in [0, 0.1) is 13.8 Å². The molecule has 2 aromatic carbocycles. The van der Waals surface area contributed by atoms with Gasteiger partial charge >= 0.3 is 0 Å². The van der Waals surface area contributed by atoms with Gasteiger partial charge in [0, 0.05) is 24.0 Å². The molecule has 0 radical (unpaired) electrons. The Morgan fingerprint density at radius 3 is 2.56 bits per heavy atom. The number of pyridine rings is 1. The summed E-state index contributed by atoms with van der Waals surface area (Å²) in [5.74, 6) is 1.35. The van der Waals surface area contributed by atoms with E-state index in [1.807, 2.05) is 56.3 Å². The lowest BCUT2D eigenvalue weighted by molar-refractivity contribution is 0.102. The zero-order valence-corrected chi connectivity index (χ0v) is 15.7. The summed E-state index contributed by atoms with van der Waals surface area (Å²) >= 11 is 0. The zero-order chi connectivity index (χ0) is 19.2. The molecule has 0 unspecified atom stereocenters. The van der Waals surface area contributed by atoms with Crippen LogP contribution in [-0.2, 0) is 6.54 Å². The Morgan fingerprint density at radius 2 is 1.85 bits per heavy atom. The predicted octanol–water partition coefficient (Wildman–Crippen LogP) is 4.57. The number of carbonyl (C=O) groups is 1. The average Bonchev–Trinajstić information content (AvgIpc) is 2.69. The van der Waals surface area contributed by atoms with E-state index in [-0.39, 0.29) is 5.91 Å². The third kappa shape index (κ3) is 4.64. The van der Waals surface area contributed by atoms with Crippen LogP contribution in [0.2, 0.25) is 0 Å². The number of anilines is 2. The van der Waals surface area contributed by atoms with Gasteiger partial charge in [0.15, 0.2) is 0 Å². The maximum atomic E-state index is 12.4. The molecule has 3 rings (SSSR count). The third-order valence-electron chi connectivity index (χ3n) is 4.44. The molecule has 0 fully saturated rings. The van der Waals surface area contributed by atoms with E-state index in [2.05, 4.69) is 15.6 Å². The van der Waals surface area contributed by atoms with Crippen LogP contribution in [0.5, 0.6) is 5.75 Å². The van der Waals surface area contributed by atoms with Crippen LogP contribution in [0.3, 0.4) is 0 Å². The molecule has 1 amide bonds. The molecule has 5 nitrogen and oxygen atoms in total. The number of carbonyl (C=O) groups excluding carboxylic acids is 1. The Labute approximate surface area is 159 Å². The van der Waals surface area contributed by atoms with Gasteiger partial charge in [-0.15, -0.1) is 0 Å². The quantitative estimate of drug-likeness (QED) is 0.675. The maximum absolute atomic E-state index is 12.4. The van der Waals surface area contributed by atoms with Gasteiger partial charge in [-0.25, -0.2) is 4.98 Å². The lowest BCUT2D eigenvalue weighted by Gasteiger charge is -2.10. The first kappa shape index (κ1) is 18.5. The second kappa shape index (κ2) is 8.36. The standard InChI is InChI=1S/C22H23N3O2/c1-15-8-10-19(12-16(15)2)25-22(26)18-9-11-21(24-14-18)23-13-17-6-4-5-7-20(17)27-3/h4-12,14H,13H2,1-3H3,(H,23,24)(H,25,26). The van der Waals surface area contributed by atoms with Gasteiger partial charge in [-0.3, -0.25) is 4.79 Å². The molecule has 0 aliphatic rings. The van der Waals surface area contributed by atoms with Crippen molar-refractivity contribution in [2.24, 2.45) is 0 Å². The monoisotopic (exact) mass is 361 g/mol. The maximum Gasteiger partial charge on any atom is 0.257 e. The lowest BCUT2D eigenvalue weighted by Crippen LogP contribution is -2.12. The lowest BCUT2D eigenvalue weighted by atomic mass is 10.1. The molecule has 2 N–H and O–H groups in total. The summed E-state index contributed by atoms with van der Waals surface area (Å²) in [5.41, 5.74) is 4.66. The number of methoxy groups -OCH3 is 1. The number of para-hydroxylation sites is 1. The normalized spacial score (nSPS) is 10.3. The van der Waals surface area contributed by atoms with Gasteiger partial charge in [0.2, 0.25) is 0 Å². The van der Waals surface area contributed by atoms with Crippen LogP contribution >= 0.6 is 0 Å². The van der Waals surface area contributed by atoms with E-state index < -0.39 is 0 Å². The summed E-state index contributed by atoms with van der Waals surface area (Å²) in [6.45, 7) is 4.65. The number of hydrogen-bond acceptors (Lipinski definition) is 4. The fourth-order valence-electron chi connectivity index (χ4n) is 2.69. The van der Waals surface area contributed by atoms with E-state index in [9.17, 15) is 4.79 Å². The molecule has 0 aliphatic carbocycles. The Bertz CT molecular complexity index is 937. The fraction of sp³-hybridized carbons (Fsp3) is 0.182. The van der Waals surface area contributed by atoms with E-state index in [1.165, 1.54) is 5.56 Å². The number of nitrogens with one attached hydrogen (secondary N) is 2. The first-order chi connectivity index (χ1) is 13.1. The molecule has 1 aromatic heterocycles. The number of aryl methyl sites for hydroxylation is 2. The van der Waals surface area contributed by atoms with E-state index in [0.29, 0.717) is 17.9 Å². The molecule has 138 valence electrons. The summed E-state index contributed by atoms with van der Waals surface area (Å²) < 4.78 is 5.34. The van der Waals surface area contributed by atoms with Crippen molar-refractivity contribution in [2.45, 2.75) is 20.4 Å². The van der Waals surface area contributed by atoms with Crippen molar-refractivity contribution in [3.63, 3.8) is 0 Å². The number of rotatable bonds is 6. The molecule has 0 spiro atoms. The average molecular weight is 361 g/mol. The van der Waals surface area contributed by atoms with Gasteiger partial charge in [-0.1, -0.05) is 24.3 Å². The molecule has 0 saturated carbocycles. The van der Waals surface area contributed by atoms with Crippen molar-refractivity contribution in [2.75, 3.05) is 17.7 Å². The van der Waals surface area contributed by atoms with Crippen molar-refractivity contribution in [3.8, 4) is 5.75 Å². The van der Waals surface area contributed by atoms with Crippen LogP contribution in [0.25, 0.3) is 0 Å². The third-order valence-corrected chi connectivity index (χ3v) is 4.44. The van der Waals surface area contributed by atoms with Crippen LogP contribution in [0.15, 0.2) is 60.8 Å². The second-order valence-electron chi connectivity index (χ2n) is 6.35. The molecule has 5 heteroatoms. The Hall–Kier alpha value is -3.34. The minimum Gasteiger partial charge on any atom is -0.496 e. The summed E-state index contributed by atoms with van der Waals surface area (Å²) in [6.07, 6.45) is 1.57. The van der Waals surface area contributed by atoms with E-state index in [0.717, 1.165) is 22.6 Å². The molecule has 1 heterocycles. The highest BCUT2D eigenvalue weighted by Crippen LogP contribution is 2.19. The molecule has 3 aromatic rings. The van der Waals surface area contributed by atoms with E-state index >= 15 is 0 Å². The smallest absolute Gasteiger partial charge is 0.257 e. The number of ether oxygens (including phenoxy) is 1. The summed E-state index contributed by atoms with van der Waals surface area (Å²) in [6, 6.07) is 17.2. The highest BCUT2D eigenvalue weighted by atomic mass is 16.5. The van der Waals surface area contributed by atoms with Gasteiger partial charge in [0.25, 0.3) is 5.91 Å². The highest BCUT2D eigenvalue weighted by Gasteiger charge is 2.08. The largest absolute Gasteiger partial charge is 0.496 e. The molecule has 0 bridgehead atoms. The molecule has 0 saturated heterocycles.